The first kappa shape index (κ1) is 16.3. The lowest BCUT2D eigenvalue weighted by atomic mass is 10.0. The van der Waals surface area contributed by atoms with Gasteiger partial charge in [0.05, 0.1) is 7.11 Å². The number of carbonyl (C=O) groups is 1. The van der Waals surface area contributed by atoms with Crippen molar-refractivity contribution in [3.05, 3.63) is 29.3 Å². The van der Waals surface area contributed by atoms with E-state index < -0.39 is 0 Å². The van der Waals surface area contributed by atoms with Crippen molar-refractivity contribution in [2.24, 2.45) is 0 Å². The van der Waals surface area contributed by atoms with Gasteiger partial charge in [-0.15, -0.1) is 0 Å². The molecule has 1 aromatic rings. The Balaban J connectivity index is 2.75. The maximum atomic E-state index is 11.8. The number of carbonyl (C=O) groups excluding carboxylic acids is 1. The molecule has 0 aliphatic heterocycles. The lowest BCUT2D eigenvalue weighted by molar-refractivity contribution is 0.231. The Morgan fingerprint density at radius 2 is 1.95 bits per heavy atom. The van der Waals surface area contributed by atoms with E-state index in [1.165, 1.54) is 5.56 Å². The molecule has 1 aromatic carbocycles. The highest BCUT2D eigenvalue weighted by molar-refractivity contribution is 5.74. The summed E-state index contributed by atoms with van der Waals surface area (Å²) in [6.07, 6.45) is 0. The topological polar surface area (TPSA) is 50.4 Å². The van der Waals surface area contributed by atoms with Crippen molar-refractivity contribution < 1.29 is 9.53 Å². The zero-order valence-corrected chi connectivity index (χ0v) is 13.3. The van der Waals surface area contributed by atoms with E-state index in [0.717, 1.165) is 11.3 Å². The van der Waals surface area contributed by atoms with Crippen molar-refractivity contribution in [2.45, 2.75) is 52.6 Å². The van der Waals surface area contributed by atoms with Crippen molar-refractivity contribution in [2.75, 3.05) is 7.11 Å². The van der Waals surface area contributed by atoms with E-state index in [0.29, 0.717) is 12.5 Å². The highest BCUT2D eigenvalue weighted by Crippen LogP contribution is 2.24. The third-order valence-electron chi connectivity index (χ3n) is 2.90. The Kier molecular flexibility index (Phi) is 5.43. The molecule has 4 nitrogen and oxygen atoms in total. The predicted octanol–water partition coefficient (Wildman–Crippen LogP) is 3.42. The second-order valence-electron chi connectivity index (χ2n) is 6.28. The number of benzene rings is 1. The molecule has 0 fully saturated rings. The summed E-state index contributed by atoms with van der Waals surface area (Å²) in [6.45, 7) is 10.6. The van der Waals surface area contributed by atoms with E-state index in [1.54, 1.807) is 7.11 Å². The molecule has 0 unspecified atom stereocenters. The van der Waals surface area contributed by atoms with Gasteiger partial charge in [0.1, 0.15) is 5.75 Å². The maximum absolute atomic E-state index is 11.8. The smallest absolute Gasteiger partial charge is 0.315 e. The SMILES string of the molecule is COc1ccc(C(C)C)cc1CNC(=O)NC(C)(C)C. The Bertz CT molecular complexity index is 462. The van der Waals surface area contributed by atoms with E-state index in [4.69, 9.17) is 4.74 Å². The van der Waals surface area contributed by atoms with Crippen molar-refractivity contribution in [1.82, 2.24) is 10.6 Å². The first-order chi connectivity index (χ1) is 9.23. The molecule has 112 valence electrons. The number of hydrogen-bond acceptors (Lipinski definition) is 2. The summed E-state index contributed by atoms with van der Waals surface area (Å²) >= 11 is 0. The molecule has 0 atom stereocenters. The van der Waals surface area contributed by atoms with E-state index in [1.807, 2.05) is 26.8 Å². The van der Waals surface area contributed by atoms with E-state index >= 15 is 0 Å². The molecule has 20 heavy (non-hydrogen) atoms. The van der Waals surface area contributed by atoms with Crippen LogP contribution in [0.2, 0.25) is 0 Å². The van der Waals surface area contributed by atoms with Gasteiger partial charge in [-0.3, -0.25) is 0 Å². The van der Waals surface area contributed by atoms with Crippen LogP contribution in [0.15, 0.2) is 18.2 Å². The summed E-state index contributed by atoms with van der Waals surface area (Å²) in [5.41, 5.74) is 1.98. The molecule has 0 saturated heterocycles. The number of urea groups is 1. The van der Waals surface area contributed by atoms with E-state index in [9.17, 15) is 4.79 Å². The third-order valence-corrected chi connectivity index (χ3v) is 2.90. The average molecular weight is 278 g/mol. The molecule has 1 rings (SSSR count). The molecule has 2 N–H and O–H groups in total. The highest BCUT2D eigenvalue weighted by atomic mass is 16.5. The van der Waals surface area contributed by atoms with E-state index in [2.05, 4.69) is 36.6 Å². The zero-order chi connectivity index (χ0) is 15.3. The van der Waals surface area contributed by atoms with Crippen molar-refractivity contribution >= 4 is 6.03 Å². The summed E-state index contributed by atoms with van der Waals surface area (Å²) in [4.78, 5) is 11.8. The quantitative estimate of drug-likeness (QED) is 0.886. The largest absolute Gasteiger partial charge is 0.496 e. The third kappa shape index (κ3) is 5.11. The van der Waals surface area contributed by atoms with Crippen LogP contribution in [0.25, 0.3) is 0 Å². The van der Waals surface area contributed by atoms with Crippen LogP contribution in [0.5, 0.6) is 5.75 Å². The number of nitrogens with one attached hydrogen (secondary N) is 2. The second kappa shape index (κ2) is 6.64. The summed E-state index contributed by atoms with van der Waals surface area (Å²) in [5, 5.41) is 5.74. The standard InChI is InChI=1S/C16H26N2O2/c1-11(2)12-7-8-14(20-6)13(9-12)10-17-15(19)18-16(3,4)5/h7-9,11H,10H2,1-6H3,(H2,17,18,19). The molecule has 4 heteroatoms. The first-order valence-electron chi connectivity index (χ1n) is 6.96. The second-order valence-corrected chi connectivity index (χ2v) is 6.28. The van der Waals surface area contributed by atoms with Gasteiger partial charge < -0.3 is 15.4 Å². The van der Waals surface area contributed by atoms with Crippen LogP contribution in [0, 0.1) is 0 Å². The average Bonchev–Trinajstić information content (AvgIpc) is 2.33. The molecule has 0 saturated carbocycles. The molecule has 0 radical (unpaired) electrons. The molecule has 0 spiro atoms. The van der Waals surface area contributed by atoms with Gasteiger partial charge >= 0.3 is 6.03 Å². The minimum Gasteiger partial charge on any atom is -0.496 e. The highest BCUT2D eigenvalue weighted by Gasteiger charge is 2.14. The molecule has 0 heterocycles. The van der Waals surface area contributed by atoms with Crippen LogP contribution in [0.4, 0.5) is 4.79 Å². The summed E-state index contributed by atoms with van der Waals surface area (Å²) in [6, 6.07) is 5.92. The van der Waals surface area contributed by atoms with Crippen molar-refractivity contribution in [3.63, 3.8) is 0 Å². The Hall–Kier alpha value is -1.71. The summed E-state index contributed by atoms with van der Waals surface area (Å²) in [5.74, 6) is 1.24. The molecule has 0 aliphatic rings. The van der Waals surface area contributed by atoms with Gasteiger partial charge in [0.25, 0.3) is 0 Å². The van der Waals surface area contributed by atoms with Crippen LogP contribution in [0.3, 0.4) is 0 Å². The van der Waals surface area contributed by atoms with Crippen LogP contribution >= 0.6 is 0 Å². The van der Waals surface area contributed by atoms with E-state index in [-0.39, 0.29) is 11.6 Å². The lowest BCUT2D eigenvalue weighted by Crippen LogP contribution is -2.46. The fraction of sp³-hybridized carbons (Fsp3) is 0.562. The van der Waals surface area contributed by atoms with Gasteiger partial charge in [0, 0.05) is 17.6 Å². The van der Waals surface area contributed by atoms with Crippen LogP contribution < -0.4 is 15.4 Å². The van der Waals surface area contributed by atoms with Crippen molar-refractivity contribution in [1.29, 1.82) is 0 Å². The van der Waals surface area contributed by atoms with Gasteiger partial charge in [-0.1, -0.05) is 26.0 Å². The number of methoxy groups -OCH3 is 1. The van der Waals surface area contributed by atoms with Gasteiger partial charge in [-0.05, 0) is 38.3 Å². The first-order valence-corrected chi connectivity index (χ1v) is 6.96. The number of amides is 2. The van der Waals surface area contributed by atoms with Crippen LogP contribution in [0.1, 0.15) is 51.7 Å². The lowest BCUT2D eigenvalue weighted by Gasteiger charge is -2.21. The molecule has 2 amide bonds. The summed E-state index contributed by atoms with van der Waals surface area (Å²) < 4.78 is 5.34. The molecule has 0 bridgehead atoms. The number of ether oxygens (including phenoxy) is 1. The van der Waals surface area contributed by atoms with Gasteiger partial charge in [-0.25, -0.2) is 4.79 Å². The Labute approximate surface area is 121 Å². The molecular formula is C16H26N2O2. The summed E-state index contributed by atoms with van der Waals surface area (Å²) in [7, 11) is 1.64. The maximum Gasteiger partial charge on any atom is 0.315 e. The minimum atomic E-state index is -0.242. The zero-order valence-electron chi connectivity index (χ0n) is 13.3. The van der Waals surface area contributed by atoms with Gasteiger partial charge in [-0.2, -0.15) is 0 Å². The van der Waals surface area contributed by atoms with Gasteiger partial charge in [0.2, 0.25) is 0 Å². The number of hydrogen-bond donors (Lipinski definition) is 2. The molecular weight excluding hydrogens is 252 g/mol. The Morgan fingerprint density at radius 1 is 1.30 bits per heavy atom. The molecule has 0 aromatic heterocycles. The Morgan fingerprint density at radius 3 is 2.45 bits per heavy atom. The van der Waals surface area contributed by atoms with Gasteiger partial charge in [0.15, 0.2) is 0 Å². The molecule has 0 aliphatic carbocycles. The normalized spacial score (nSPS) is 11.3. The van der Waals surface area contributed by atoms with Crippen LogP contribution in [-0.2, 0) is 6.54 Å². The van der Waals surface area contributed by atoms with Crippen molar-refractivity contribution in [3.8, 4) is 5.75 Å². The predicted molar refractivity (Wildman–Crippen MR) is 82.2 cm³/mol. The fourth-order valence-corrected chi connectivity index (χ4v) is 1.86. The number of rotatable bonds is 4. The van der Waals surface area contributed by atoms with Crippen LogP contribution in [-0.4, -0.2) is 18.7 Å². The fourth-order valence-electron chi connectivity index (χ4n) is 1.86. The monoisotopic (exact) mass is 278 g/mol. The minimum absolute atomic E-state index is 0.172.